The molecule has 0 aliphatic heterocycles. The summed E-state index contributed by atoms with van der Waals surface area (Å²) in [5.74, 6) is 1.78. The van der Waals surface area contributed by atoms with Crippen LogP contribution in [0.15, 0.2) is 23.2 Å². The largest absolute Gasteiger partial charge is 0.490 e. The van der Waals surface area contributed by atoms with Gasteiger partial charge in [0, 0.05) is 17.8 Å². The maximum atomic E-state index is 6.43. The Balaban J connectivity index is 1.85. The SMILES string of the molecule is CCC(C)Oc1c(C=NC2CCCCC2)cccc1C1CCCCC1. The maximum Gasteiger partial charge on any atom is 0.131 e. The first-order valence-corrected chi connectivity index (χ1v) is 10.6. The molecule has 3 rings (SSSR count). The van der Waals surface area contributed by atoms with Crippen LogP contribution in [0.25, 0.3) is 0 Å². The quantitative estimate of drug-likeness (QED) is 0.530. The van der Waals surface area contributed by atoms with E-state index < -0.39 is 0 Å². The Bertz CT molecular complexity index is 553. The third-order valence-electron chi connectivity index (χ3n) is 6.01. The van der Waals surface area contributed by atoms with E-state index in [2.05, 4.69) is 38.3 Å². The van der Waals surface area contributed by atoms with E-state index in [9.17, 15) is 0 Å². The first-order chi connectivity index (χ1) is 12.3. The van der Waals surface area contributed by atoms with Gasteiger partial charge in [0.1, 0.15) is 5.75 Å². The fourth-order valence-corrected chi connectivity index (χ4v) is 4.25. The molecule has 25 heavy (non-hydrogen) atoms. The summed E-state index contributed by atoms with van der Waals surface area (Å²) in [6, 6.07) is 7.21. The van der Waals surface area contributed by atoms with Gasteiger partial charge in [0.25, 0.3) is 0 Å². The van der Waals surface area contributed by atoms with Crippen LogP contribution < -0.4 is 4.74 Å². The molecule has 1 unspecified atom stereocenters. The molecule has 0 aromatic heterocycles. The van der Waals surface area contributed by atoms with Crippen molar-refractivity contribution in [3.63, 3.8) is 0 Å². The molecule has 2 aliphatic rings. The Hall–Kier alpha value is -1.31. The minimum Gasteiger partial charge on any atom is -0.490 e. The molecule has 0 bridgehead atoms. The average molecular weight is 342 g/mol. The second-order valence-electron chi connectivity index (χ2n) is 8.01. The van der Waals surface area contributed by atoms with Gasteiger partial charge in [0.05, 0.1) is 6.10 Å². The fourth-order valence-electron chi connectivity index (χ4n) is 4.25. The monoisotopic (exact) mass is 341 g/mol. The molecule has 2 saturated carbocycles. The van der Waals surface area contributed by atoms with Crippen molar-refractivity contribution in [2.75, 3.05) is 0 Å². The molecule has 0 spiro atoms. The smallest absolute Gasteiger partial charge is 0.131 e. The van der Waals surface area contributed by atoms with Crippen LogP contribution in [0.2, 0.25) is 0 Å². The lowest BCUT2D eigenvalue weighted by Gasteiger charge is -2.26. The molecule has 0 amide bonds. The molecule has 1 aromatic rings. The number of aliphatic imine (C=N–C) groups is 1. The third kappa shape index (κ3) is 5.09. The van der Waals surface area contributed by atoms with Crippen LogP contribution in [0, 0.1) is 0 Å². The highest BCUT2D eigenvalue weighted by atomic mass is 16.5. The molecular formula is C23H35NO. The first-order valence-electron chi connectivity index (χ1n) is 10.6. The van der Waals surface area contributed by atoms with Gasteiger partial charge in [-0.1, -0.05) is 57.6 Å². The van der Waals surface area contributed by atoms with Gasteiger partial charge in [-0.25, -0.2) is 0 Å². The zero-order chi connectivity index (χ0) is 17.5. The van der Waals surface area contributed by atoms with Crippen LogP contribution in [0.3, 0.4) is 0 Å². The number of nitrogens with zero attached hydrogens (tertiary/aromatic N) is 1. The number of rotatable bonds is 6. The van der Waals surface area contributed by atoms with Crippen molar-refractivity contribution in [1.29, 1.82) is 0 Å². The van der Waals surface area contributed by atoms with E-state index in [1.807, 2.05) is 0 Å². The fraction of sp³-hybridized carbons (Fsp3) is 0.696. The van der Waals surface area contributed by atoms with E-state index in [1.165, 1.54) is 75.3 Å². The molecular weight excluding hydrogens is 306 g/mol. The average Bonchev–Trinajstić information content (AvgIpc) is 2.68. The number of hydrogen-bond acceptors (Lipinski definition) is 2. The molecule has 138 valence electrons. The molecule has 1 atom stereocenters. The van der Waals surface area contributed by atoms with Gasteiger partial charge in [0.2, 0.25) is 0 Å². The number of benzene rings is 1. The van der Waals surface area contributed by atoms with Crippen LogP contribution in [-0.2, 0) is 0 Å². The first kappa shape index (κ1) is 18.5. The Morgan fingerprint density at radius 1 is 1.04 bits per heavy atom. The van der Waals surface area contributed by atoms with Crippen LogP contribution in [0.4, 0.5) is 0 Å². The standard InChI is InChI=1S/C23H35NO/c1-3-18(2)25-23-20(17-24-21-14-8-5-9-15-21)13-10-16-22(23)19-11-6-4-7-12-19/h10,13,16-19,21H,3-9,11-12,14-15H2,1-2H3. The maximum absolute atomic E-state index is 6.43. The molecule has 2 nitrogen and oxygen atoms in total. The van der Waals surface area contributed by atoms with Gasteiger partial charge in [-0.15, -0.1) is 0 Å². The lowest BCUT2D eigenvalue weighted by Crippen LogP contribution is -2.15. The zero-order valence-electron chi connectivity index (χ0n) is 16.2. The van der Waals surface area contributed by atoms with Gasteiger partial charge in [-0.2, -0.15) is 0 Å². The topological polar surface area (TPSA) is 21.6 Å². The molecule has 0 saturated heterocycles. The summed E-state index contributed by atoms with van der Waals surface area (Å²) < 4.78 is 6.43. The predicted octanol–water partition coefficient (Wildman–Crippen LogP) is 6.66. The predicted molar refractivity (Wildman–Crippen MR) is 107 cm³/mol. The van der Waals surface area contributed by atoms with Crippen LogP contribution in [0.5, 0.6) is 5.75 Å². The van der Waals surface area contributed by atoms with Gasteiger partial charge >= 0.3 is 0 Å². The molecule has 0 heterocycles. The minimum atomic E-state index is 0.256. The van der Waals surface area contributed by atoms with E-state index in [1.54, 1.807) is 0 Å². The molecule has 0 N–H and O–H groups in total. The normalized spacial score (nSPS) is 21.5. The molecule has 1 aromatic carbocycles. The van der Waals surface area contributed by atoms with E-state index in [0.717, 1.165) is 12.2 Å². The summed E-state index contributed by atoms with van der Waals surface area (Å²) in [5.41, 5.74) is 2.61. The minimum absolute atomic E-state index is 0.256. The highest BCUT2D eigenvalue weighted by molar-refractivity contribution is 5.84. The van der Waals surface area contributed by atoms with E-state index in [4.69, 9.17) is 9.73 Å². The number of hydrogen-bond donors (Lipinski definition) is 0. The lowest BCUT2D eigenvalue weighted by atomic mass is 9.83. The zero-order valence-corrected chi connectivity index (χ0v) is 16.2. The summed E-state index contributed by atoms with van der Waals surface area (Å²) in [4.78, 5) is 4.93. The van der Waals surface area contributed by atoms with Gasteiger partial charge < -0.3 is 4.74 Å². The molecule has 2 heteroatoms. The summed E-state index contributed by atoms with van der Waals surface area (Å²) in [6.45, 7) is 4.38. The van der Waals surface area contributed by atoms with Gasteiger partial charge in [-0.05, 0) is 56.6 Å². The van der Waals surface area contributed by atoms with Crippen molar-refractivity contribution in [2.45, 2.75) is 103 Å². The van der Waals surface area contributed by atoms with Crippen LogP contribution in [-0.4, -0.2) is 18.4 Å². The van der Waals surface area contributed by atoms with Crippen molar-refractivity contribution in [3.05, 3.63) is 29.3 Å². The van der Waals surface area contributed by atoms with Crippen molar-refractivity contribution < 1.29 is 4.74 Å². The second-order valence-corrected chi connectivity index (χ2v) is 8.01. The second kappa shape index (κ2) is 9.40. The number of para-hydroxylation sites is 1. The summed E-state index contributed by atoms with van der Waals surface area (Å²) in [5, 5.41) is 0. The Morgan fingerprint density at radius 3 is 2.40 bits per heavy atom. The Kier molecular flexibility index (Phi) is 6.95. The molecule has 0 radical (unpaired) electrons. The third-order valence-corrected chi connectivity index (χ3v) is 6.01. The summed E-state index contributed by atoms with van der Waals surface area (Å²) in [7, 11) is 0. The van der Waals surface area contributed by atoms with E-state index >= 15 is 0 Å². The lowest BCUT2D eigenvalue weighted by molar-refractivity contribution is 0.212. The van der Waals surface area contributed by atoms with Crippen LogP contribution in [0.1, 0.15) is 102 Å². The Morgan fingerprint density at radius 2 is 1.72 bits per heavy atom. The molecule has 2 fully saturated rings. The highest BCUT2D eigenvalue weighted by Gasteiger charge is 2.22. The van der Waals surface area contributed by atoms with Crippen molar-refractivity contribution >= 4 is 6.21 Å². The number of ether oxygens (including phenoxy) is 1. The van der Waals surface area contributed by atoms with Crippen molar-refractivity contribution in [2.24, 2.45) is 4.99 Å². The molecule has 2 aliphatic carbocycles. The summed E-state index contributed by atoms with van der Waals surface area (Å²) >= 11 is 0. The van der Waals surface area contributed by atoms with E-state index in [0.29, 0.717) is 12.0 Å². The van der Waals surface area contributed by atoms with Gasteiger partial charge in [0.15, 0.2) is 0 Å². The van der Waals surface area contributed by atoms with E-state index in [-0.39, 0.29) is 6.10 Å². The van der Waals surface area contributed by atoms with Crippen molar-refractivity contribution in [3.8, 4) is 5.75 Å². The Labute approximate surface area is 154 Å². The highest BCUT2D eigenvalue weighted by Crippen LogP contribution is 2.39. The summed E-state index contributed by atoms with van der Waals surface area (Å²) in [6.07, 6.45) is 16.7. The van der Waals surface area contributed by atoms with Crippen molar-refractivity contribution in [1.82, 2.24) is 0 Å². The van der Waals surface area contributed by atoms with Crippen LogP contribution >= 0.6 is 0 Å². The van der Waals surface area contributed by atoms with Gasteiger partial charge in [-0.3, -0.25) is 4.99 Å².